The van der Waals surface area contributed by atoms with Gasteiger partial charge in [0.25, 0.3) is 0 Å². The van der Waals surface area contributed by atoms with Gasteiger partial charge >= 0.3 is 5.97 Å². The van der Waals surface area contributed by atoms with Gasteiger partial charge < -0.3 is 4.74 Å². The van der Waals surface area contributed by atoms with Crippen molar-refractivity contribution in [2.24, 2.45) is 11.8 Å². The number of esters is 1. The molecular weight excluding hydrogens is 356 g/mol. The second kappa shape index (κ2) is 21.7. The second-order valence-electron chi connectivity index (χ2n) is 8.68. The maximum atomic E-state index is 11.0. The number of methoxy groups -OCH3 is 1. The van der Waals surface area contributed by atoms with E-state index >= 15 is 0 Å². The summed E-state index contributed by atoms with van der Waals surface area (Å²) in [4.78, 5) is 11.0. The molecule has 2 nitrogen and oxygen atoms in total. The molecule has 0 radical (unpaired) electrons. The molecule has 0 aliphatic carbocycles. The molecular formula is C27H50O2. The summed E-state index contributed by atoms with van der Waals surface area (Å²) in [5.41, 5.74) is 0. The third-order valence-corrected chi connectivity index (χ3v) is 6.04. The molecule has 0 rings (SSSR count). The Morgan fingerprint density at radius 2 is 1.24 bits per heavy atom. The van der Waals surface area contributed by atoms with Crippen LogP contribution in [0.15, 0.2) is 24.3 Å². The molecule has 2 unspecified atom stereocenters. The van der Waals surface area contributed by atoms with Crippen molar-refractivity contribution < 1.29 is 9.53 Å². The SMILES string of the molecule is CCCCCCC(CCCC)CCC(CCCC)CCCC=CC=CC(=O)OC. The highest BCUT2D eigenvalue weighted by atomic mass is 16.5. The molecule has 0 saturated heterocycles. The van der Waals surface area contributed by atoms with Crippen molar-refractivity contribution in [1.29, 1.82) is 0 Å². The predicted molar refractivity (Wildman–Crippen MR) is 128 cm³/mol. The van der Waals surface area contributed by atoms with Crippen molar-refractivity contribution in [3.8, 4) is 0 Å². The summed E-state index contributed by atoms with van der Waals surface area (Å²) in [6.07, 6.45) is 29.3. The fourth-order valence-corrected chi connectivity index (χ4v) is 4.08. The normalized spacial score (nSPS) is 13.9. The van der Waals surface area contributed by atoms with Crippen LogP contribution in [-0.2, 0) is 9.53 Å². The van der Waals surface area contributed by atoms with Gasteiger partial charge in [-0.25, -0.2) is 4.79 Å². The van der Waals surface area contributed by atoms with Gasteiger partial charge in [0, 0.05) is 6.08 Å². The molecule has 0 aromatic heterocycles. The Morgan fingerprint density at radius 1 is 0.690 bits per heavy atom. The summed E-state index contributed by atoms with van der Waals surface area (Å²) in [6, 6.07) is 0. The van der Waals surface area contributed by atoms with Crippen molar-refractivity contribution in [2.75, 3.05) is 7.11 Å². The largest absolute Gasteiger partial charge is 0.466 e. The van der Waals surface area contributed by atoms with Crippen LogP contribution in [0.5, 0.6) is 0 Å². The Balaban J connectivity index is 4.30. The van der Waals surface area contributed by atoms with E-state index < -0.39 is 0 Å². The third kappa shape index (κ3) is 18.7. The van der Waals surface area contributed by atoms with Gasteiger partial charge in [0.2, 0.25) is 0 Å². The minimum Gasteiger partial charge on any atom is -0.466 e. The fourth-order valence-electron chi connectivity index (χ4n) is 4.08. The Labute approximate surface area is 182 Å². The van der Waals surface area contributed by atoms with Crippen molar-refractivity contribution in [3.63, 3.8) is 0 Å². The van der Waals surface area contributed by atoms with Crippen molar-refractivity contribution in [2.45, 2.75) is 124 Å². The maximum absolute atomic E-state index is 11.0. The zero-order valence-electron chi connectivity index (χ0n) is 20.1. The van der Waals surface area contributed by atoms with Crippen LogP contribution in [0.25, 0.3) is 0 Å². The summed E-state index contributed by atoms with van der Waals surface area (Å²) in [5.74, 6) is 1.56. The van der Waals surface area contributed by atoms with Crippen molar-refractivity contribution >= 4 is 5.97 Å². The summed E-state index contributed by atoms with van der Waals surface area (Å²) in [6.45, 7) is 6.94. The Kier molecular flexibility index (Phi) is 20.9. The number of allylic oxidation sites excluding steroid dienone is 3. The quantitative estimate of drug-likeness (QED) is 0.0873. The van der Waals surface area contributed by atoms with Gasteiger partial charge in [-0.2, -0.15) is 0 Å². The van der Waals surface area contributed by atoms with E-state index in [0.717, 1.165) is 18.3 Å². The average Bonchev–Trinajstić information content (AvgIpc) is 2.74. The Bertz CT molecular complexity index is 411. The van der Waals surface area contributed by atoms with Gasteiger partial charge in [0.05, 0.1) is 7.11 Å². The molecule has 0 spiro atoms. The number of rotatable bonds is 20. The number of carbonyl (C=O) groups is 1. The van der Waals surface area contributed by atoms with E-state index in [4.69, 9.17) is 0 Å². The molecule has 0 aromatic carbocycles. The van der Waals surface area contributed by atoms with E-state index in [1.165, 1.54) is 109 Å². The molecule has 0 aliphatic rings. The monoisotopic (exact) mass is 406 g/mol. The molecule has 0 heterocycles. The first-order valence-electron chi connectivity index (χ1n) is 12.6. The van der Waals surface area contributed by atoms with E-state index in [0.29, 0.717) is 0 Å². The van der Waals surface area contributed by atoms with E-state index in [-0.39, 0.29) is 5.97 Å². The van der Waals surface area contributed by atoms with Crippen LogP contribution in [0, 0.1) is 11.8 Å². The molecule has 0 N–H and O–H groups in total. The molecule has 0 amide bonds. The fraction of sp³-hybridized carbons (Fsp3) is 0.815. The van der Waals surface area contributed by atoms with Gasteiger partial charge in [0.15, 0.2) is 0 Å². The van der Waals surface area contributed by atoms with Crippen LogP contribution in [0.1, 0.15) is 124 Å². The van der Waals surface area contributed by atoms with Gasteiger partial charge in [-0.05, 0) is 24.7 Å². The second-order valence-corrected chi connectivity index (χ2v) is 8.68. The summed E-state index contributed by atoms with van der Waals surface area (Å²) >= 11 is 0. The van der Waals surface area contributed by atoms with E-state index in [9.17, 15) is 4.79 Å². The van der Waals surface area contributed by atoms with Gasteiger partial charge in [-0.15, -0.1) is 0 Å². The molecule has 29 heavy (non-hydrogen) atoms. The lowest BCUT2D eigenvalue weighted by molar-refractivity contribution is -0.134. The Hall–Kier alpha value is -1.05. The zero-order chi connectivity index (χ0) is 21.6. The maximum Gasteiger partial charge on any atom is 0.330 e. The number of ether oxygens (including phenoxy) is 1. The topological polar surface area (TPSA) is 26.3 Å². The minimum absolute atomic E-state index is 0.290. The van der Waals surface area contributed by atoms with E-state index in [1.54, 1.807) is 6.08 Å². The Morgan fingerprint density at radius 3 is 1.79 bits per heavy atom. The first-order valence-corrected chi connectivity index (χ1v) is 12.6. The van der Waals surface area contributed by atoms with Crippen LogP contribution in [-0.4, -0.2) is 13.1 Å². The number of carbonyl (C=O) groups excluding carboxylic acids is 1. The van der Waals surface area contributed by atoms with Crippen LogP contribution < -0.4 is 0 Å². The lowest BCUT2D eigenvalue weighted by Crippen LogP contribution is -2.07. The van der Waals surface area contributed by atoms with Gasteiger partial charge in [-0.3, -0.25) is 0 Å². The first-order chi connectivity index (χ1) is 14.2. The van der Waals surface area contributed by atoms with Gasteiger partial charge in [0.1, 0.15) is 0 Å². The number of unbranched alkanes of at least 4 members (excludes halogenated alkanes) is 6. The smallest absolute Gasteiger partial charge is 0.330 e. The van der Waals surface area contributed by atoms with Gasteiger partial charge in [-0.1, -0.05) is 129 Å². The molecule has 0 saturated carbocycles. The van der Waals surface area contributed by atoms with Crippen molar-refractivity contribution in [3.05, 3.63) is 24.3 Å². The zero-order valence-corrected chi connectivity index (χ0v) is 20.1. The lowest BCUT2D eigenvalue weighted by Gasteiger charge is -2.21. The first kappa shape index (κ1) is 27.9. The number of hydrogen-bond donors (Lipinski definition) is 0. The van der Waals surface area contributed by atoms with Crippen molar-refractivity contribution in [1.82, 2.24) is 0 Å². The highest BCUT2D eigenvalue weighted by Gasteiger charge is 2.13. The lowest BCUT2D eigenvalue weighted by atomic mass is 9.84. The standard InChI is InChI=1S/C27H50O2/c1-5-8-11-15-20-25(18-9-6-2)23-24-26(19-10-7-3)21-16-13-12-14-17-22-27(28)29-4/h12,14,17,22,25-26H,5-11,13,15-16,18-21,23-24H2,1-4H3. The summed E-state index contributed by atoms with van der Waals surface area (Å²) in [5, 5.41) is 0. The van der Waals surface area contributed by atoms with Crippen LogP contribution in [0.2, 0.25) is 0 Å². The average molecular weight is 407 g/mol. The van der Waals surface area contributed by atoms with Crippen LogP contribution >= 0.6 is 0 Å². The predicted octanol–water partition coefficient (Wildman–Crippen LogP) is 8.81. The minimum atomic E-state index is -0.290. The van der Waals surface area contributed by atoms with E-state index in [2.05, 4.69) is 31.6 Å². The summed E-state index contributed by atoms with van der Waals surface area (Å²) < 4.78 is 4.59. The van der Waals surface area contributed by atoms with E-state index in [1.807, 2.05) is 6.08 Å². The highest BCUT2D eigenvalue weighted by Crippen LogP contribution is 2.28. The molecule has 2 heteroatoms. The molecule has 0 bridgehead atoms. The molecule has 0 aliphatic heterocycles. The van der Waals surface area contributed by atoms with Crippen LogP contribution in [0.3, 0.4) is 0 Å². The number of hydrogen-bond acceptors (Lipinski definition) is 2. The summed E-state index contributed by atoms with van der Waals surface area (Å²) in [7, 11) is 1.41. The highest BCUT2D eigenvalue weighted by molar-refractivity contribution is 5.82. The third-order valence-electron chi connectivity index (χ3n) is 6.04. The molecule has 0 fully saturated rings. The van der Waals surface area contributed by atoms with Crippen LogP contribution in [0.4, 0.5) is 0 Å². The molecule has 0 aromatic rings. The molecule has 170 valence electrons. The molecule has 2 atom stereocenters.